The molecule has 0 atom stereocenters. The number of pyridine rings is 1. The Labute approximate surface area is 258 Å². The first-order chi connectivity index (χ1) is 20.8. The van der Waals surface area contributed by atoms with E-state index >= 15 is 0 Å². The molecule has 5 N–H and O–H groups in total. The van der Waals surface area contributed by atoms with E-state index in [2.05, 4.69) is 67.1 Å². The highest BCUT2D eigenvalue weighted by molar-refractivity contribution is 5.84. The Morgan fingerprint density at radius 2 is 1.56 bits per heavy atom. The molecular formula is C35H51N5O3. The average molecular weight is 590 g/mol. The van der Waals surface area contributed by atoms with Crippen LogP contribution in [0.15, 0.2) is 54.7 Å². The molecule has 0 bridgehead atoms. The molecule has 234 valence electrons. The second-order valence-electron chi connectivity index (χ2n) is 11.1. The highest BCUT2D eigenvalue weighted by atomic mass is 16.5. The van der Waals surface area contributed by atoms with E-state index in [1.807, 2.05) is 0 Å². The molecule has 1 saturated heterocycles. The van der Waals surface area contributed by atoms with Gasteiger partial charge >= 0.3 is 0 Å². The van der Waals surface area contributed by atoms with Gasteiger partial charge in [0.25, 0.3) is 0 Å². The van der Waals surface area contributed by atoms with E-state index in [1.165, 1.54) is 75.4 Å². The molecule has 0 spiro atoms. The zero-order valence-electron chi connectivity index (χ0n) is 26.6. The van der Waals surface area contributed by atoms with Crippen molar-refractivity contribution >= 4 is 18.4 Å². The molecule has 0 amide bonds. The van der Waals surface area contributed by atoms with Gasteiger partial charge in [-0.25, -0.2) is 4.98 Å². The molecule has 2 fully saturated rings. The predicted octanol–water partition coefficient (Wildman–Crippen LogP) is 5.59. The third-order valence-electron chi connectivity index (χ3n) is 7.94. The number of ether oxygens (including phenoxy) is 1. The number of nitrogens with two attached hydrogens (primary N) is 2. The van der Waals surface area contributed by atoms with Gasteiger partial charge in [0.1, 0.15) is 12.1 Å². The van der Waals surface area contributed by atoms with Gasteiger partial charge in [-0.2, -0.15) is 0 Å². The maximum absolute atomic E-state index is 10.7. The van der Waals surface area contributed by atoms with Crippen LogP contribution in [0.1, 0.15) is 75.9 Å². The fraction of sp³-hybridized carbons (Fsp3) is 0.457. The number of benzene rings is 2. The number of aldehydes is 2. The number of nitrogens with zero attached hydrogens (tertiary/aromatic N) is 2. The number of piperidine rings is 1. The Hall–Kier alpha value is -3.43. The van der Waals surface area contributed by atoms with Crippen LogP contribution >= 0.6 is 0 Å². The monoisotopic (exact) mass is 589 g/mol. The Bertz CT molecular complexity index is 1230. The normalized spacial score (nSPS) is 15.2. The Balaban J connectivity index is 0.000000228. The van der Waals surface area contributed by atoms with Crippen LogP contribution in [0.4, 0.5) is 5.82 Å². The van der Waals surface area contributed by atoms with E-state index in [0.717, 1.165) is 30.1 Å². The van der Waals surface area contributed by atoms with Gasteiger partial charge in [-0.15, -0.1) is 0 Å². The second kappa shape index (κ2) is 19.7. The van der Waals surface area contributed by atoms with E-state index in [1.54, 1.807) is 36.5 Å². The molecule has 2 aromatic carbocycles. The standard InChI is InChI=1S/C14H20O.C13H10N2O2.C7H16N2.CH5N/c1-11-7-8-13(9-12(11)2)10-15-14-5-3-4-6-14;14-13-12(8-17)5-11(6-15-13)10-3-1-9(7-16)2-4-10;1-8-7-3-5-9(2)6-4-7;1-2/h7-9,14H,3-6,10H2,1-2H3;1-8H,(H2,14,15);7-8H,3-6H2,1-2H3;2H2,1H3. The summed E-state index contributed by atoms with van der Waals surface area (Å²) in [5.74, 6) is 0.216. The summed E-state index contributed by atoms with van der Waals surface area (Å²) in [7, 11) is 5.74. The van der Waals surface area contributed by atoms with Gasteiger partial charge in [-0.1, -0.05) is 55.3 Å². The Morgan fingerprint density at radius 3 is 2.12 bits per heavy atom. The fourth-order valence-corrected chi connectivity index (χ4v) is 4.96. The molecule has 1 aromatic heterocycles. The zero-order chi connectivity index (χ0) is 31.6. The lowest BCUT2D eigenvalue weighted by Gasteiger charge is -2.28. The SMILES string of the molecule is CN.CNC1CCN(C)CC1.Cc1ccc(COC2CCCC2)cc1C.Nc1ncc(-c2ccc(C=O)cc2)cc1C=O. The molecule has 43 heavy (non-hydrogen) atoms. The van der Waals surface area contributed by atoms with Crippen molar-refractivity contribution in [1.82, 2.24) is 15.2 Å². The second-order valence-corrected chi connectivity index (χ2v) is 11.1. The molecule has 1 aliphatic carbocycles. The first-order valence-corrected chi connectivity index (χ1v) is 15.2. The van der Waals surface area contributed by atoms with Gasteiger partial charge in [-0.05, 0) is 102 Å². The zero-order valence-corrected chi connectivity index (χ0v) is 26.6. The molecule has 0 radical (unpaired) electrons. The molecular weight excluding hydrogens is 538 g/mol. The fourth-order valence-electron chi connectivity index (χ4n) is 4.96. The largest absolute Gasteiger partial charge is 0.383 e. The molecule has 8 heteroatoms. The summed E-state index contributed by atoms with van der Waals surface area (Å²) in [6.45, 7) is 7.61. The quantitative estimate of drug-likeness (QED) is 0.305. The first kappa shape index (κ1) is 35.8. The number of aromatic nitrogens is 1. The third-order valence-corrected chi connectivity index (χ3v) is 7.94. The molecule has 0 unspecified atom stereocenters. The van der Waals surface area contributed by atoms with Gasteiger partial charge in [0.2, 0.25) is 0 Å². The lowest BCUT2D eigenvalue weighted by atomic mass is 10.0. The molecule has 3 aromatic rings. The van der Waals surface area contributed by atoms with Gasteiger partial charge < -0.3 is 26.4 Å². The molecule has 8 nitrogen and oxygen atoms in total. The number of nitrogen functional groups attached to an aromatic ring is 1. The summed E-state index contributed by atoms with van der Waals surface area (Å²) in [6.07, 6.45) is 11.4. The van der Waals surface area contributed by atoms with Crippen molar-refractivity contribution in [2.45, 2.75) is 71.1 Å². The molecule has 2 aliphatic rings. The summed E-state index contributed by atoms with van der Waals surface area (Å²) in [5.41, 5.74) is 16.7. The van der Waals surface area contributed by atoms with Gasteiger partial charge in [0.05, 0.1) is 18.3 Å². The van der Waals surface area contributed by atoms with Crippen molar-refractivity contribution in [3.63, 3.8) is 0 Å². The number of aryl methyl sites for hydroxylation is 2. The highest BCUT2D eigenvalue weighted by Crippen LogP contribution is 2.23. The van der Waals surface area contributed by atoms with Crippen molar-refractivity contribution in [3.05, 3.63) is 82.5 Å². The Morgan fingerprint density at radius 1 is 0.907 bits per heavy atom. The van der Waals surface area contributed by atoms with E-state index in [0.29, 0.717) is 23.5 Å². The molecule has 5 rings (SSSR count). The van der Waals surface area contributed by atoms with E-state index in [-0.39, 0.29) is 5.82 Å². The average Bonchev–Trinajstić information content (AvgIpc) is 3.58. The number of likely N-dealkylation sites (tertiary alicyclic amines) is 1. The lowest BCUT2D eigenvalue weighted by Crippen LogP contribution is -2.39. The summed E-state index contributed by atoms with van der Waals surface area (Å²) in [4.78, 5) is 27.6. The van der Waals surface area contributed by atoms with E-state index in [4.69, 9.17) is 10.5 Å². The maximum atomic E-state index is 10.7. The van der Waals surface area contributed by atoms with E-state index < -0.39 is 0 Å². The number of carbonyl (C=O) groups is 2. The van der Waals surface area contributed by atoms with Crippen LogP contribution in [0.3, 0.4) is 0 Å². The Kier molecular flexibility index (Phi) is 16.4. The summed E-state index contributed by atoms with van der Waals surface area (Å²) in [6, 6.07) is 16.1. The van der Waals surface area contributed by atoms with Crippen LogP contribution in [0.5, 0.6) is 0 Å². The minimum absolute atomic E-state index is 0.216. The van der Waals surface area contributed by atoms with Crippen molar-refractivity contribution in [2.24, 2.45) is 5.73 Å². The number of hydrogen-bond acceptors (Lipinski definition) is 8. The number of rotatable bonds is 7. The van der Waals surface area contributed by atoms with Crippen LogP contribution in [-0.2, 0) is 11.3 Å². The van der Waals surface area contributed by atoms with Crippen LogP contribution in [0.2, 0.25) is 0 Å². The van der Waals surface area contributed by atoms with Crippen molar-refractivity contribution < 1.29 is 14.3 Å². The summed E-state index contributed by atoms with van der Waals surface area (Å²) in [5, 5.41) is 3.30. The maximum Gasteiger partial charge on any atom is 0.153 e. The number of carbonyl (C=O) groups excluding carboxylic acids is 2. The molecule has 1 saturated carbocycles. The summed E-state index contributed by atoms with van der Waals surface area (Å²) < 4.78 is 5.88. The number of anilines is 1. The van der Waals surface area contributed by atoms with Crippen LogP contribution < -0.4 is 16.8 Å². The van der Waals surface area contributed by atoms with Crippen LogP contribution in [0, 0.1) is 13.8 Å². The number of nitrogens with one attached hydrogen (secondary N) is 1. The van der Waals surface area contributed by atoms with Crippen molar-refractivity contribution in [3.8, 4) is 11.1 Å². The van der Waals surface area contributed by atoms with Crippen LogP contribution in [-0.4, -0.2) is 68.8 Å². The minimum atomic E-state index is 0.216. The van der Waals surface area contributed by atoms with Crippen molar-refractivity contribution in [1.29, 1.82) is 0 Å². The molecule has 2 heterocycles. The smallest absolute Gasteiger partial charge is 0.153 e. The van der Waals surface area contributed by atoms with E-state index in [9.17, 15) is 9.59 Å². The van der Waals surface area contributed by atoms with Crippen molar-refractivity contribution in [2.75, 3.05) is 40.0 Å². The predicted molar refractivity (Wildman–Crippen MR) is 178 cm³/mol. The molecule has 1 aliphatic heterocycles. The lowest BCUT2D eigenvalue weighted by molar-refractivity contribution is 0.0456. The highest BCUT2D eigenvalue weighted by Gasteiger charge is 2.15. The van der Waals surface area contributed by atoms with Gasteiger partial charge in [0, 0.05) is 23.4 Å². The third kappa shape index (κ3) is 12.4. The van der Waals surface area contributed by atoms with Gasteiger partial charge in [0.15, 0.2) is 6.29 Å². The first-order valence-electron chi connectivity index (χ1n) is 15.2. The minimum Gasteiger partial charge on any atom is -0.383 e. The van der Waals surface area contributed by atoms with Gasteiger partial charge in [-0.3, -0.25) is 9.59 Å². The summed E-state index contributed by atoms with van der Waals surface area (Å²) >= 11 is 0. The topological polar surface area (TPSA) is 124 Å². The van der Waals surface area contributed by atoms with Crippen LogP contribution in [0.25, 0.3) is 11.1 Å². The number of hydrogen-bond donors (Lipinski definition) is 3.